The number of Topliss-reactive ketones (excluding diaryl/α,β-unsaturated/α-hetero) is 1. The molecule has 0 fully saturated rings. The first-order valence-corrected chi connectivity index (χ1v) is 6.07. The minimum Gasteiger partial charge on any atom is -0.395 e. The monoisotopic (exact) mass is 228 g/mol. The lowest BCUT2D eigenvalue weighted by atomic mass is 9.95. The van der Waals surface area contributed by atoms with Crippen LogP contribution in [0, 0.1) is 0 Å². The van der Waals surface area contributed by atoms with Crippen molar-refractivity contribution in [2.24, 2.45) is 10.1 Å². The molecule has 82 valence electrons. The van der Waals surface area contributed by atoms with E-state index in [0.717, 1.165) is 6.26 Å². The smallest absolute Gasteiger partial charge is 0.250 e. The summed E-state index contributed by atoms with van der Waals surface area (Å²) in [5.41, 5.74) is 6.65. The number of carbonyl (C=O) groups is 1. The zero-order valence-corrected chi connectivity index (χ0v) is 9.55. The summed E-state index contributed by atoms with van der Waals surface area (Å²) in [6, 6.07) is 0. The lowest BCUT2D eigenvalue weighted by molar-refractivity contribution is -0.112. The van der Waals surface area contributed by atoms with Gasteiger partial charge in [-0.15, -0.1) is 0 Å². The average molecular weight is 228 g/mol. The van der Waals surface area contributed by atoms with E-state index in [4.69, 9.17) is 5.73 Å². The van der Waals surface area contributed by atoms with Crippen LogP contribution in [-0.4, -0.2) is 26.2 Å². The van der Waals surface area contributed by atoms with Gasteiger partial charge in [0.1, 0.15) is 0 Å². The van der Waals surface area contributed by atoms with E-state index in [-0.39, 0.29) is 17.2 Å². The number of carbonyl (C=O) groups excluding carboxylic acids is 1. The molecule has 0 aromatic rings. The predicted molar refractivity (Wildman–Crippen MR) is 57.9 cm³/mol. The molecule has 0 radical (unpaired) electrons. The van der Waals surface area contributed by atoms with E-state index in [0.29, 0.717) is 11.1 Å². The van der Waals surface area contributed by atoms with Crippen LogP contribution in [0.15, 0.2) is 27.3 Å². The summed E-state index contributed by atoms with van der Waals surface area (Å²) < 4.78 is 25.5. The second-order valence-electron chi connectivity index (χ2n) is 3.39. The van der Waals surface area contributed by atoms with Gasteiger partial charge in [0.2, 0.25) is 5.78 Å². The third kappa shape index (κ3) is 2.53. The predicted octanol–water partition coefficient (Wildman–Crippen LogP) is 0.149. The summed E-state index contributed by atoms with van der Waals surface area (Å²) in [5.74, 6) is -0.278. The van der Waals surface area contributed by atoms with Gasteiger partial charge in [0.15, 0.2) is 0 Å². The molecule has 1 aliphatic carbocycles. The lowest BCUT2D eigenvalue weighted by Gasteiger charge is -2.13. The van der Waals surface area contributed by atoms with Crippen molar-refractivity contribution >= 4 is 21.5 Å². The van der Waals surface area contributed by atoms with Crippen molar-refractivity contribution in [3.05, 3.63) is 22.9 Å². The molecule has 0 heterocycles. The van der Waals surface area contributed by atoms with Gasteiger partial charge >= 0.3 is 0 Å². The summed E-state index contributed by atoms with van der Waals surface area (Å²) in [7, 11) is -3.48. The fourth-order valence-electron chi connectivity index (χ4n) is 1.17. The number of nitrogens with two attached hydrogens (primary N) is 1. The first kappa shape index (κ1) is 11.6. The van der Waals surface area contributed by atoms with Crippen molar-refractivity contribution in [2.75, 3.05) is 6.26 Å². The maximum Gasteiger partial charge on any atom is 0.250 e. The lowest BCUT2D eigenvalue weighted by Crippen LogP contribution is -2.22. The molecule has 0 saturated carbocycles. The fourth-order valence-corrected chi connectivity index (χ4v) is 1.72. The molecule has 0 atom stereocenters. The van der Waals surface area contributed by atoms with Crippen molar-refractivity contribution in [2.45, 2.75) is 13.8 Å². The Bertz CT molecular complexity index is 509. The molecule has 2 N–H and O–H groups in total. The van der Waals surface area contributed by atoms with E-state index in [1.165, 1.54) is 6.08 Å². The van der Waals surface area contributed by atoms with Gasteiger partial charge in [0.25, 0.3) is 10.0 Å². The van der Waals surface area contributed by atoms with Gasteiger partial charge < -0.3 is 5.73 Å². The molecule has 1 aliphatic rings. The molecule has 6 heteroatoms. The van der Waals surface area contributed by atoms with Crippen LogP contribution in [0.2, 0.25) is 0 Å². The van der Waals surface area contributed by atoms with E-state index in [9.17, 15) is 13.2 Å². The van der Waals surface area contributed by atoms with E-state index in [1.807, 2.05) is 0 Å². The van der Waals surface area contributed by atoms with Crippen molar-refractivity contribution < 1.29 is 13.2 Å². The molecule has 15 heavy (non-hydrogen) atoms. The molecule has 0 amide bonds. The Morgan fingerprint density at radius 1 is 1.27 bits per heavy atom. The van der Waals surface area contributed by atoms with Gasteiger partial charge in [-0.25, -0.2) is 8.42 Å². The van der Waals surface area contributed by atoms with Crippen LogP contribution >= 0.6 is 0 Å². The molecule has 0 bridgehead atoms. The van der Waals surface area contributed by atoms with E-state index in [2.05, 4.69) is 4.40 Å². The van der Waals surface area contributed by atoms with Crippen LogP contribution in [0.5, 0.6) is 0 Å². The Kier molecular flexibility index (Phi) is 2.81. The maximum atomic E-state index is 11.4. The van der Waals surface area contributed by atoms with Crippen LogP contribution in [0.3, 0.4) is 0 Å². The number of nitrogens with zero attached hydrogens (tertiary/aromatic N) is 1. The topological polar surface area (TPSA) is 89.6 Å². The molecule has 0 spiro atoms. The first-order valence-electron chi connectivity index (χ1n) is 4.22. The quantitative estimate of drug-likeness (QED) is 0.647. The highest BCUT2D eigenvalue weighted by Gasteiger charge is 2.20. The number of hydrogen-bond donors (Lipinski definition) is 1. The van der Waals surface area contributed by atoms with Crippen LogP contribution in [0.25, 0.3) is 0 Å². The van der Waals surface area contributed by atoms with Crippen LogP contribution < -0.4 is 5.73 Å². The number of sulfonamides is 1. The normalized spacial score (nSPS) is 20.9. The minimum absolute atomic E-state index is 0.0144. The second kappa shape index (κ2) is 3.62. The SMILES string of the molecule is CC1=C(C)C(=NS(C)(=O)=O)C=C(N)C1=O. The summed E-state index contributed by atoms with van der Waals surface area (Å²) >= 11 is 0. The zero-order chi connectivity index (χ0) is 11.8. The largest absolute Gasteiger partial charge is 0.395 e. The summed E-state index contributed by atoms with van der Waals surface area (Å²) in [6.45, 7) is 3.23. The van der Waals surface area contributed by atoms with E-state index < -0.39 is 10.0 Å². The summed E-state index contributed by atoms with van der Waals surface area (Å²) in [4.78, 5) is 11.4. The Balaban J connectivity index is 3.37. The molecule has 5 nitrogen and oxygen atoms in total. The van der Waals surface area contributed by atoms with Gasteiger partial charge in [0, 0.05) is 5.57 Å². The first-order chi connectivity index (χ1) is 6.72. The van der Waals surface area contributed by atoms with Crippen LogP contribution in [-0.2, 0) is 14.8 Å². The Morgan fingerprint density at radius 3 is 2.27 bits per heavy atom. The highest BCUT2D eigenvalue weighted by molar-refractivity contribution is 7.89. The highest BCUT2D eigenvalue weighted by Crippen LogP contribution is 2.17. The van der Waals surface area contributed by atoms with Crippen molar-refractivity contribution in [3.8, 4) is 0 Å². The van der Waals surface area contributed by atoms with Crippen molar-refractivity contribution in [1.29, 1.82) is 0 Å². The highest BCUT2D eigenvalue weighted by atomic mass is 32.2. The van der Waals surface area contributed by atoms with Crippen LogP contribution in [0.1, 0.15) is 13.8 Å². The number of allylic oxidation sites excluding steroid dienone is 3. The van der Waals surface area contributed by atoms with Gasteiger partial charge in [-0.3, -0.25) is 4.79 Å². The minimum atomic E-state index is -3.48. The second-order valence-corrected chi connectivity index (χ2v) is 5.04. The Morgan fingerprint density at radius 2 is 1.80 bits per heavy atom. The fraction of sp³-hybridized carbons (Fsp3) is 0.333. The molecule has 0 aliphatic heterocycles. The van der Waals surface area contributed by atoms with E-state index >= 15 is 0 Å². The molecule has 0 aromatic carbocycles. The standard InChI is InChI=1S/C9H12N2O3S/c1-5-6(2)9(12)7(10)4-8(5)11-15(3,13)14/h4H,10H2,1-3H3. The molecular weight excluding hydrogens is 216 g/mol. The van der Waals surface area contributed by atoms with E-state index in [1.54, 1.807) is 13.8 Å². The van der Waals surface area contributed by atoms with Crippen molar-refractivity contribution in [3.63, 3.8) is 0 Å². The molecule has 1 rings (SSSR count). The van der Waals surface area contributed by atoms with Gasteiger partial charge in [-0.05, 0) is 25.5 Å². The Hall–Kier alpha value is -1.43. The summed E-state index contributed by atoms with van der Waals surface area (Å²) in [5, 5.41) is 0. The number of hydrogen-bond acceptors (Lipinski definition) is 4. The third-order valence-electron chi connectivity index (χ3n) is 2.11. The molecule has 0 unspecified atom stereocenters. The Labute approximate surface area is 88.4 Å². The molecule has 0 aromatic heterocycles. The average Bonchev–Trinajstić information content (AvgIpc) is 2.08. The van der Waals surface area contributed by atoms with Gasteiger partial charge in [-0.2, -0.15) is 4.40 Å². The maximum absolute atomic E-state index is 11.4. The zero-order valence-electron chi connectivity index (χ0n) is 8.73. The molecule has 0 saturated heterocycles. The third-order valence-corrected chi connectivity index (χ3v) is 2.63. The number of ketones is 1. The summed E-state index contributed by atoms with van der Waals surface area (Å²) in [6.07, 6.45) is 2.27. The van der Waals surface area contributed by atoms with Crippen LogP contribution in [0.4, 0.5) is 0 Å². The van der Waals surface area contributed by atoms with Gasteiger partial charge in [0.05, 0.1) is 17.7 Å². The van der Waals surface area contributed by atoms with Gasteiger partial charge in [-0.1, -0.05) is 0 Å². The molecular formula is C9H12N2O3S. The number of rotatable bonds is 1. The van der Waals surface area contributed by atoms with Crippen molar-refractivity contribution in [1.82, 2.24) is 0 Å².